The maximum absolute atomic E-state index is 10.6. The van der Waals surface area contributed by atoms with Crippen LogP contribution in [0.25, 0.3) is 0 Å². The average Bonchev–Trinajstić information content (AvgIpc) is 3.56. The molecule has 5 heteroatoms. The van der Waals surface area contributed by atoms with Gasteiger partial charge in [-0.05, 0) is 35.4 Å². The van der Waals surface area contributed by atoms with E-state index in [4.69, 9.17) is 9.47 Å². The molecule has 1 saturated carbocycles. The van der Waals surface area contributed by atoms with Gasteiger partial charge in [-0.15, -0.1) is 0 Å². The van der Waals surface area contributed by atoms with Crippen LogP contribution < -0.4 is 9.64 Å². The highest BCUT2D eigenvalue weighted by Crippen LogP contribution is 2.17. The molecule has 2 atom stereocenters. The molecular weight excluding hydrogens is 388 g/mol. The zero-order chi connectivity index (χ0) is 21.5. The van der Waals surface area contributed by atoms with Crippen LogP contribution in [-0.2, 0) is 24.4 Å². The Morgan fingerprint density at radius 3 is 2.61 bits per heavy atom. The summed E-state index contributed by atoms with van der Waals surface area (Å²) in [6.45, 7) is 3.36. The van der Waals surface area contributed by atoms with E-state index >= 15 is 0 Å². The molecule has 5 nitrogen and oxygen atoms in total. The number of ether oxygens (including phenoxy) is 2. The molecule has 2 aromatic carbocycles. The van der Waals surface area contributed by atoms with Gasteiger partial charge in [0.1, 0.15) is 24.9 Å². The second-order valence-electron chi connectivity index (χ2n) is 8.45. The maximum Gasteiger partial charge on any atom is 0.126 e. The summed E-state index contributed by atoms with van der Waals surface area (Å²) in [5.74, 6) is 0.884. The molecule has 2 N–H and O–H groups in total. The van der Waals surface area contributed by atoms with Crippen molar-refractivity contribution in [2.24, 2.45) is 0 Å². The number of benzene rings is 2. The van der Waals surface area contributed by atoms with Crippen LogP contribution in [-0.4, -0.2) is 42.1 Å². The van der Waals surface area contributed by atoms with E-state index in [-0.39, 0.29) is 0 Å². The standard InChI is InChI=1S/C26H32N2O3/c1-30-26-11-5-9-22(15-26)16-27-14-6-10-24(27)17-28(23-12-13-23)18-25(29)20-31-19-21-7-3-2-4-8-21/h2-11,14-15,23,25,29H,12-13,16-20H2,1H3/p+1/t25-/m0/s1. The van der Waals surface area contributed by atoms with E-state index in [9.17, 15) is 5.11 Å². The van der Waals surface area contributed by atoms with Crippen molar-refractivity contribution in [1.29, 1.82) is 0 Å². The van der Waals surface area contributed by atoms with Crippen molar-refractivity contribution >= 4 is 0 Å². The van der Waals surface area contributed by atoms with Gasteiger partial charge in [-0.3, -0.25) is 0 Å². The Balaban J connectivity index is 1.32. The molecule has 1 aliphatic rings. The summed E-state index contributed by atoms with van der Waals surface area (Å²) in [5, 5.41) is 10.6. The highest BCUT2D eigenvalue weighted by Gasteiger charge is 2.35. The monoisotopic (exact) mass is 421 g/mol. The first-order valence-electron chi connectivity index (χ1n) is 11.1. The van der Waals surface area contributed by atoms with Gasteiger partial charge in [0, 0.05) is 25.6 Å². The first-order chi connectivity index (χ1) is 15.2. The van der Waals surface area contributed by atoms with Gasteiger partial charge in [0.05, 0.1) is 32.1 Å². The number of quaternary nitrogens is 1. The lowest BCUT2D eigenvalue weighted by Gasteiger charge is -2.23. The number of rotatable bonds is 12. The number of methoxy groups -OCH3 is 1. The van der Waals surface area contributed by atoms with E-state index in [2.05, 4.69) is 35.0 Å². The number of aliphatic hydroxyl groups is 1. The maximum atomic E-state index is 10.6. The molecule has 0 amide bonds. The second kappa shape index (κ2) is 10.6. The third-order valence-electron chi connectivity index (χ3n) is 5.89. The van der Waals surface area contributed by atoms with Crippen LogP contribution >= 0.6 is 0 Å². The zero-order valence-corrected chi connectivity index (χ0v) is 18.2. The Bertz CT molecular complexity index is 937. The van der Waals surface area contributed by atoms with E-state index in [1.807, 2.05) is 42.5 Å². The summed E-state index contributed by atoms with van der Waals surface area (Å²) >= 11 is 0. The lowest BCUT2D eigenvalue weighted by molar-refractivity contribution is -0.928. The Kier molecular flexibility index (Phi) is 7.41. The van der Waals surface area contributed by atoms with Crippen molar-refractivity contribution in [3.8, 4) is 5.75 Å². The third-order valence-corrected chi connectivity index (χ3v) is 5.89. The highest BCUT2D eigenvalue weighted by atomic mass is 16.5. The smallest absolute Gasteiger partial charge is 0.126 e. The SMILES string of the molecule is COc1cccc(Cn2cccc2C[NH+](C[C@H](O)COCc2ccccc2)C2CC2)c1. The first kappa shape index (κ1) is 21.6. The summed E-state index contributed by atoms with van der Waals surface area (Å²) < 4.78 is 13.4. The van der Waals surface area contributed by atoms with Gasteiger partial charge >= 0.3 is 0 Å². The van der Waals surface area contributed by atoms with Gasteiger partial charge in [-0.25, -0.2) is 0 Å². The zero-order valence-electron chi connectivity index (χ0n) is 18.2. The average molecular weight is 422 g/mol. The van der Waals surface area contributed by atoms with Crippen molar-refractivity contribution in [2.75, 3.05) is 20.3 Å². The summed E-state index contributed by atoms with van der Waals surface area (Å²) in [7, 11) is 1.70. The first-order valence-corrected chi connectivity index (χ1v) is 11.1. The van der Waals surface area contributed by atoms with Gasteiger partial charge in [-0.1, -0.05) is 42.5 Å². The Hall–Kier alpha value is -2.60. The number of hydrogen-bond acceptors (Lipinski definition) is 3. The quantitative estimate of drug-likeness (QED) is 0.473. The van der Waals surface area contributed by atoms with Crippen molar-refractivity contribution in [2.45, 2.75) is 44.7 Å². The minimum absolute atomic E-state index is 0.371. The third kappa shape index (κ3) is 6.44. The molecule has 1 unspecified atom stereocenters. The van der Waals surface area contributed by atoms with Crippen molar-refractivity contribution in [3.05, 3.63) is 89.7 Å². The summed E-state index contributed by atoms with van der Waals surface area (Å²) in [4.78, 5) is 1.45. The molecule has 1 aromatic heterocycles. The van der Waals surface area contributed by atoms with E-state index < -0.39 is 6.10 Å². The van der Waals surface area contributed by atoms with Gasteiger partial charge in [0.2, 0.25) is 0 Å². The van der Waals surface area contributed by atoms with Crippen LogP contribution in [0.2, 0.25) is 0 Å². The number of aromatic nitrogens is 1. The normalized spacial score (nSPS) is 15.5. The largest absolute Gasteiger partial charge is 0.497 e. The Labute approximate surface area is 184 Å². The summed E-state index contributed by atoms with van der Waals surface area (Å²) in [5.41, 5.74) is 3.65. The molecule has 0 spiro atoms. The van der Waals surface area contributed by atoms with Crippen molar-refractivity contribution < 1.29 is 19.5 Å². The van der Waals surface area contributed by atoms with Crippen LogP contribution in [0.15, 0.2) is 72.9 Å². The second-order valence-corrected chi connectivity index (χ2v) is 8.45. The summed E-state index contributed by atoms with van der Waals surface area (Å²) in [6.07, 6.45) is 4.16. The lowest BCUT2D eigenvalue weighted by Crippen LogP contribution is -3.13. The van der Waals surface area contributed by atoms with Crippen molar-refractivity contribution in [3.63, 3.8) is 0 Å². The number of aliphatic hydroxyl groups excluding tert-OH is 1. The number of nitrogens with zero attached hydrogens (tertiary/aromatic N) is 1. The van der Waals surface area contributed by atoms with E-state index in [0.29, 0.717) is 25.8 Å². The van der Waals surface area contributed by atoms with Gasteiger partial charge in [0.15, 0.2) is 0 Å². The Morgan fingerprint density at radius 2 is 1.84 bits per heavy atom. The molecule has 0 bridgehead atoms. The lowest BCUT2D eigenvalue weighted by atomic mass is 10.2. The number of nitrogens with one attached hydrogen (secondary N) is 1. The predicted molar refractivity (Wildman–Crippen MR) is 121 cm³/mol. The fourth-order valence-electron chi connectivity index (χ4n) is 4.09. The van der Waals surface area contributed by atoms with Crippen LogP contribution in [0, 0.1) is 0 Å². The van der Waals surface area contributed by atoms with Crippen LogP contribution in [0.1, 0.15) is 29.7 Å². The fourth-order valence-corrected chi connectivity index (χ4v) is 4.09. The predicted octanol–water partition coefficient (Wildman–Crippen LogP) is 2.67. The highest BCUT2D eigenvalue weighted by molar-refractivity contribution is 5.29. The van der Waals surface area contributed by atoms with Gasteiger partial charge < -0.3 is 24.0 Å². The minimum atomic E-state index is -0.457. The molecule has 1 heterocycles. The molecular formula is C26H33N2O3+. The van der Waals surface area contributed by atoms with Crippen LogP contribution in [0.5, 0.6) is 5.75 Å². The van der Waals surface area contributed by atoms with Gasteiger partial charge in [-0.2, -0.15) is 0 Å². The van der Waals surface area contributed by atoms with E-state index in [0.717, 1.165) is 24.4 Å². The fraction of sp³-hybridized carbons (Fsp3) is 0.385. The molecule has 0 aliphatic heterocycles. The molecule has 0 radical (unpaired) electrons. The van der Waals surface area contributed by atoms with Crippen molar-refractivity contribution in [1.82, 2.24) is 4.57 Å². The molecule has 31 heavy (non-hydrogen) atoms. The van der Waals surface area contributed by atoms with Crippen LogP contribution in [0.4, 0.5) is 0 Å². The van der Waals surface area contributed by atoms with Crippen LogP contribution in [0.3, 0.4) is 0 Å². The molecule has 4 rings (SSSR count). The molecule has 3 aromatic rings. The van der Waals surface area contributed by atoms with Gasteiger partial charge in [0.25, 0.3) is 0 Å². The molecule has 0 saturated heterocycles. The Morgan fingerprint density at radius 1 is 1.03 bits per heavy atom. The summed E-state index contributed by atoms with van der Waals surface area (Å²) in [6, 6.07) is 23.3. The van der Waals surface area contributed by atoms with E-state index in [1.165, 1.54) is 29.0 Å². The molecule has 1 fully saturated rings. The molecule has 164 valence electrons. The van der Waals surface area contributed by atoms with E-state index in [1.54, 1.807) is 7.11 Å². The topological polar surface area (TPSA) is 48.1 Å². The minimum Gasteiger partial charge on any atom is -0.497 e. The number of hydrogen-bond donors (Lipinski definition) is 2. The molecule has 1 aliphatic carbocycles.